The van der Waals surface area contributed by atoms with Crippen molar-refractivity contribution in [1.82, 2.24) is 10.6 Å². The van der Waals surface area contributed by atoms with Gasteiger partial charge in [-0.15, -0.1) is 11.8 Å². The van der Waals surface area contributed by atoms with Crippen LogP contribution in [0.25, 0.3) is 0 Å². The van der Waals surface area contributed by atoms with Gasteiger partial charge < -0.3 is 14.8 Å². The van der Waals surface area contributed by atoms with Crippen LogP contribution in [0.2, 0.25) is 0 Å². The summed E-state index contributed by atoms with van der Waals surface area (Å²) in [5, 5.41) is 4.87. The fourth-order valence-electron chi connectivity index (χ4n) is 2.04. The number of carbonyl (C=O) groups is 4. The lowest BCUT2D eigenvalue weighted by Gasteiger charge is -2.06. The van der Waals surface area contributed by atoms with Crippen molar-refractivity contribution in [2.24, 2.45) is 5.92 Å². The van der Waals surface area contributed by atoms with E-state index in [1.807, 2.05) is 0 Å². The van der Waals surface area contributed by atoms with Crippen LogP contribution in [0.1, 0.15) is 53.4 Å². The molecule has 8 nitrogen and oxygen atoms in total. The standard InChI is InChI=1S/C11H21NO4.C9H15NO2S/c1-3-11(14)12-5-7-16-9-8-15-6-4-10(2)13;1-6(2)3-4-13-7-5-8(11)10-9(7)12/h3-9H2,1-2H3,(H,12,14);6-7H,3-5H2,1-2H3,(H,10,11,12). The Morgan fingerprint density at radius 2 is 1.83 bits per heavy atom. The molecule has 1 atom stereocenters. The summed E-state index contributed by atoms with van der Waals surface area (Å²) in [6.07, 6.45) is 2.41. The van der Waals surface area contributed by atoms with Crippen LogP contribution in [0.4, 0.5) is 0 Å². The molecule has 29 heavy (non-hydrogen) atoms. The van der Waals surface area contributed by atoms with Gasteiger partial charge >= 0.3 is 0 Å². The molecule has 0 bridgehead atoms. The zero-order valence-corrected chi connectivity index (χ0v) is 18.9. The molecule has 1 aliphatic rings. The number of carbonyl (C=O) groups excluding carboxylic acids is 4. The van der Waals surface area contributed by atoms with Gasteiger partial charge in [-0.3, -0.25) is 24.5 Å². The highest BCUT2D eigenvalue weighted by Crippen LogP contribution is 2.21. The maximum atomic E-state index is 11.1. The van der Waals surface area contributed by atoms with Gasteiger partial charge in [-0.05, 0) is 25.0 Å². The van der Waals surface area contributed by atoms with Crippen LogP contribution in [-0.2, 0) is 28.7 Å². The van der Waals surface area contributed by atoms with E-state index in [-0.39, 0.29) is 28.8 Å². The summed E-state index contributed by atoms with van der Waals surface area (Å²) < 4.78 is 10.4. The molecule has 0 aromatic carbocycles. The minimum Gasteiger partial charge on any atom is -0.379 e. The van der Waals surface area contributed by atoms with Crippen LogP contribution in [0.5, 0.6) is 0 Å². The lowest BCUT2D eigenvalue weighted by Crippen LogP contribution is -2.26. The van der Waals surface area contributed by atoms with E-state index in [1.165, 1.54) is 6.92 Å². The summed E-state index contributed by atoms with van der Waals surface area (Å²) in [4.78, 5) is 43.3. The summed E-state index contributed by atoms with van der Waals surface area (Å²) in [6, 6.07) is 0. The van der Waals surface area contributed by atoms with Crippen molar-refractivity contribution in [3.05, 3.63) is 0 Å². The zero-order valence-electron chi connectivity index (χ0n) is 18.1. The minimum absolute atomic E-state index is 0.0290. The largest absolute Gasteiger partial charge is 0.379 e. The monoisotopic (exact) mass is 432 g/mol. The third kappa shape index (κ3) is 17.1. The molecule has 9 heteroatoms. The Morgan fingerprint density at radius 1 is 1.17 bits per heavy atom. The van der Waals surface area contributed by atoms with Crippen molar-refractivity contribution in [3.8, 4) is 0 Å². The Morgan fingerprint density at radius 3 is 2.34 bits per heavy atom. The summed E-state index contributed by atoms with van der Waals surface area (Å²) in [6.45, 7) is 10.1. The lowest BCUT2D eigenvalue weighted by atomic mass is 10.2. The molecular weight excluding hydrogens is 396 g/mol. The normalized spacial score (nSPS) is 15.7. The Kier molecular flexibility index (Phi) is 16.5. The number of amides is 3. The molecule has 0 radical (unpaired) electrons. The quantitative estimate of drug-likeness (QED) is 0.317. The third-order valence-electron chi connectivity index (χ3n) is 3.80. The van der Waals surface area contributed by atoms with E-state index in [9.17, 15) is 19.2 Å². The van der Waals surface area contributed by atoms with Crippen molar-refractivity contribution in [2.45, 2.75) is 58.6 Å². The number of ketones is 1. The Balaban J connectivity index is 0.000000551. The maximum absolute atomic E-state index is 11.1. The van der Waals surface area contributed by atoms with Gasteiger partial charge in [0.1, 0.15) is 5.78 Å². The second-order valence-electron chi connectivity index (χ2n) is 7.04. The Labute approximate surface area is 178 Å². The van der Waals surface area contributed by atoms with Crippen molar-refractivity contribution >= 4 is 35.3 Å². The van der Waals surface area contributed by atoms with E-state index < -0.39 is 0 Å². The van der Waals surface area contributed by atoms with E-state index in [4.69, 9.17) is 9.47 Å². The molecule has 1 heterocycles. The van der Waals surface area contributed by atoms with Gasteiger partial charge in [-0.2, -0.15) is 0 Å². The number of nitrogens with one attached hydrogen (secondary N) is 2. The van der Waals surface area contributed by atoms with Crippen LogP contribution in [0, 0.1) is 5.92 Å². The summed E-state index contributed by atoms with van der Waals surface area (Å²) in [5.74, 6) is 1.53. The topological polar surface area (TPSA) is 111 Å². The molecule has 1 unspecified atom stereocenters. The second kappa shape index (κ2) is 17.4. The van der Waals surface area contributed by atoms with Crippen molar-refractivity contribution in [1.29, 1.82) is 0 Å². The molecule has 0 aromatic heterocycles. The molecule has 1 aliphatic heterocycles. The molecule has 2 N–H and O–H groups in total. The average molecular weight is 433 g/mol. The number of hydrogen-bond acceptors (Lipinski definition) is 7. The molecule has 3 amide bonds. The van der Waals surface area contributed by atoms with E-state index in [0.717, 1.165) is 12.2 Å². The first-order valence-electron chi connectivity index (χ1n) is 10.1. The molecule has 0 aliphatic carbocycles. The smallest absolute Gasteiger partial charge is 0.240 e. The molecule has 0 saturated carbocycles. The fourth-order valence-corrected chi connectivity index (χ4v) is 3.41. The van der Waals surface area contributed by atoms with Gasteiger partial charge in [0, 0.05) is 25.8 Å². The van der Waals surface area contributed by atoms with Crippen LogP contribution < -0.4 is 10.6 Å². The molecule has 1 saturated heterocycles. The fraction of sp³-hybridized carbons (Fsp3) is 0.800. The third-order valence-corrected chi connectivity index (χ3v) is 5.05. The number of rotatable bonds is 14. The predicted octanol–water partition coefficient (Wildman–Crippen LogP) is 1.71. The van der Waals surface area contributed by atoms with E-state index in [1.54, 1.807) is 18.7 Å². The van der Waals surface area contributed by atoms with Gasteiger partial charge in [0.15, 0.2) is 0 Å². The Bertz CT molecular complexity index is 513. The van der Waals surface area contributed by atoms with Crippen LogP contribution in [-0.4, -0.2) is 67.5 Å². The first-order valence-corrected chi connectivity index (χ1v) is 11.2. The molecule has 0 spiro atoms. The first kappa shape index (κ1) is 27.5. The van der Waals surface area contributed by atoms with E-state index in [0.29, 0.717) is 58.2 Å². The highest BCUT2D eigenvalue weighted by molar-refractivity contribution is 8.00. The number of hydrogen-bond donors (Lipinski definition) is 2. The van der Waals surface area contributed by atoms with Crippen molar-refractivity contribution in [3.63, 3.8) is 0 Å². The van der Waals surface area contributed by atoms with E-state index >= 15 is 0 Å². The van der Waals surface area contributed by atoms with Crippen molar-refractivity contribution in [2.75, 3.05) is 38.7 Å². The number of thioether (sulfide) groups is 1. The molecule has 168 valence electrons. The number of Topliss-reactive ketones (excluding diaryl/α,β-unsaturated/α-hetero) is 1. The predicted molar refractivity (Wildman–Crippen MR) is 114 cm³/mol. The summed E-state index contributed by atoms with van der Waals surface area (Å²) in [7, 11) is 0. The van der Waals surface area contributed by atoms with Gasteiger partial charge in [0.25, 0.3) is 0 Å². The lowest BCUT2D eigenvalue weighted by molar-refractivity contribution is -0.125. The SMILES string of the molecule is CC(C)CCSC1CC(=O)NC1=O.CCC(=O)NCCOCCOCCC(C)=O. The summed E-state index contributed by atoms with van der Waals surface area (Å²) >= 11 is 1.59. The van der Waals surface area contributed by atoms with E-state index in [2.05, 4.69) is 24.5 Å². The molecule has 0 aromatic rings. The average Bonchev–Trinajstić information content (AvgIpc) is 2.97. The highest BCUT2D eigenvalue weighted by atomic mass is 32.2. The van der Waals surface area contributed by atoms with Gasteiger partial charge in [0.2, 0.25) is 17.7 Å². The van der Waals surface area contributed by atoms with Gasteiger partial charge in [-0.1, -0.05) is 20.8 Å². The highest BCUT2D eigenvalue weighted by Gasteiger charge is 2.30. The minimum atomic E-state index is -0.133. The molecular formula is C20H36N2O6S. The first-order chi connectivity index (χ1) is 13.8. The Hall–Kier alpha value is -1.45. The van der Waals surface area contributed by atoms with Crippen LogP contribution in [0.3, 0.4) is 0 Å². The van der Waals surface area contributed by atoms with Gasteiger partial charge in [-0.25, -0.2) is 0 Å². The van der Waals surface area contributed by atoms with Crippen LogP contribution >= 0.6 is 11.8 Å². The molecule has 1 rings (SSSR count). The number of ether oxygens (including phenoxy) is 2. The van der Waals surface area contributed by atoms with Gasteiger partial charge in [0.05, 0.1) is 31.7 Å². The van der Waals surface area contributed by atoms with Crippen molar-refractivity contribution < 1.29 is 28.7 Å². The number of imide groups is 1. The second-order valence-corrected chi connectivity index (χ2v) is 8.35. The summed E-state index contributed by atoms with van der Waals surface area (Å²) in [5.41, 5.74) is 0. The maximum Gasteiger partial charge on any atom is 0.240 e. The van der Waals surface area contributed by atoms with Crippen LogP contribution in [0.15, 0.2) is 0 Å². The molecule has 1 fully saturated rings. The zero-order chi connectivity index (χ0) is 22.1.